The Labute approximate surface area is 75.3 Å². The molecule has 13 heavy (non-hydrogen) atoms. The minimum Gasteiger partial charge on any atom is -0.200 e. The lowest BCUT2D eigenvalue weighted by Crippen LogP contribution is -2.33. The van der Waals surface area contributed by atoms with Crippen LogP contribution in [0.2, 0.25) is 0 Å². The van der Waals surface area contributed by atoms with Gasteiger partial charge in [-0.15, -0.1) is 0 Å². The third-order valence-electron chi connectivity index (χ3n) is 2.43. The van der Waals surface area contributed by atoms with Crippen LogP contribution in [0.4, 0.5) is 17.6 Å². The molecule has 1 saturated carbocycles. The molecule has 0 spiro atoms. The lowest BCUT2D eigenvalue weighted by Gasteiger charge is -2.16. The van der Waals surface area contributed by atoms with E-state index in [9.17, 15) is 17.6 Å². The lowest BCUT2D eigenvalue weighted by atomic mass is 9.96. The van der Waals surface area contributed by atoms with Crippen LogP contribution in [0.25, 0.3) is 0 Å². The number of halogens is 4. The first-order chi connectivity index (χ1) is 5.74. The zero-order valence-corrected chi connectivity index (χ0v) is 7.79. The van der Waals surface area contributed by atoms with E-state index >= 15 is 0 Å². The van der Waals surface area contributed by atoms with Gasteiger partial charge in [-0.3, -0.25) is 0 Å². The van der Waals surface area contributed by atoms with Crippen molar-refractivity contribution >= 4 is 0 Å². The van der Waals surface area contributed by atoms with Crippen molar-refractivity contribution in [1.82, 2.24) is 0 Å². The summed E-state index contributed by atoms with van der Waals surface area (Å²) in [5.74, 6) is -7.89. The van der Waals surface area contributed by atoms with Gasteiger partial charge in [0.1, 0.15) is 0 Å². The molecule has 0 nitrogen and oxygen atoms in total. The van der Waals surface area contributed by atoms with E-state index in [2.05, 4.69) is 0 Å². The average Bonchev–Trinajstić information content (AvgIpc) is 1.98. The van der Waals surface area contributed by atoms with E-state index in [1.54, 1.807) is 0 Å². The molecule has 0 saturated heterocycles. The molecule has 0 aromatic carbocycles. The van der Waals surface area contributed by atoms with Crippen molar-refractivity contribution in [2.75, 3.05) is 0 Å². The van der Waals surface area contributed by atoms with Gasteiger partial charge in [0.05, 0.1) is 0 Å². The Hall–Kier alpha value is -0.280. The standard InChI is InChI=1S/C9H14F4/c1-6(2)3-7-4-8(10,11)9(12,13)5-7/h6-7H,3-5H2,1-2H3. The maximum absolute atomic E-state index is 12.7. The van der Waals surface area contributed by atoms with Gasteiger partial charge in [-0.1, -0.05) is 13.8 Å². The van der Waals surface area contributed by atoms with E-state index in [0.29, 0.717) is 6.42 Å². The monoisotopic (exact) mass is 198 g/mol. The zero-order valence-electron chi connectivity index (χ0n) is 7.79. The Balaban J connectivity index is 2.60. The van der Waals surface area contributed by atoms with E-state index in [0.717, 1.165) is 0 Å². The summed E-state index contributed by atoms with van der Waals surface area (Å²) in [5.41, 5.74) is 0. The first-order valence-corrected chi connectivity index (χ1v) is 4.50. The van der Waals surface area contributed by atoms with Gasteiger partial charge < -0.3 is 0 Å². The number of alkyl halides is 4. The van der Waals surface area contributed by atoms with Gasteiger partial charge in [0.25, 0.3) is 0 Å². The predicted molar refractivity (Wildman–Crippen MR) is 42.1 cm³/mol. The number of rotatable bonds is 2. The van der Waals surface area contributed by atoms with E-state index < -0.39 is 30.6 Å². The number of hydrogen-bond donors (Lipinski definition) is 0. The Morgan fingerprint density at radius 2 is 1.46 bits per heavy atom. The van der Waals surface area contributed by atoms with Crippen LogP contribution in [-0.2, 0) is 0 Å². The van der Waals surface area contributed by atoms with E-state index in [4.69, 9.17) is 0 Å². The molecule has 0 bridgehead atoms. The summed E-state index contributed by atoms with van der Waals surface area (Å²) < 4.78 is 50.7. The summed E-state index contributed by atoms with van der Waals surface area (Å²) in [6.07, 6.45) is -0.846. The molecule has 0 aromatic rings. The van der Waals surface area contributed by atoms with Crippen LogP contribution in [-0.4, -0.2) is 11.8 Å². The first kappa shape index (κ1) is 10.8. The lowest BCUT2D eigenvalue weighted by molar-refractivity contribution is -0.185. The largest absolute Gasteiger partial charge is 0.310 e. The molecule has 0 atom stereocenters. The summed E-state index contributed by atoms with van der Waals surface area (Å²) in [6, 6.07) is 0. The van der Waals surface area contributed by atoms with Crippen molar-refractivity contribution in [2.45, 2.75) is 45.0 Å². The van der Waals surface area contributed by atoms with E-state index in [1.165, 1.54) is 0 Å². The summed E-state index contributed by atoms with van der Waals surface area (Å²) in [5, 5.41) is 0. The molecule has 78 valence electrons. The molecule has 0 aliphatic heterocycles. The van der Waals surface area contributed by atoms with Crippen LogP contribution < -0.4 is 0 Å². The van der Waals surface area contributed by atoms with Gasteiger partial charge >= 0.3 is 11.8 Å². The van der Waals surface area contributed by atoms with Gasteiger partial charge in [-0.25, -0.2) is 0 Å². The first-order valence-electron chi connectivity index (χ1n) is 4.50. The normalized spacial score (nSPS) is 27.0. The van der Waals surface area contributed by atoms with Crippen molar-refractivity contribution in [3.8, 4) is 0 Å². The molecule has 0 N–H and O–H groups in total. The maximum Gasteiger partial charge on any atom is 0.310 e. The fourth-order valence-corrected chi connectivity index (χ4v) is 1.93. The van der Waals surface area contributed by atoms with Crippen molar-refractivity contribution in [2.24, 2.45) is 11.8 Å². The van der Waals surface area contributed by atoms with Crippen molar-refractivity contribution in [3.05, 3.63) is 0 Å². The molecule has 0 heterocycles. The summed E-state index contributed by atoms with van der Waals surface area (Å²) in [7, 11) is 0. The van der Waals surface area contributed by atoms with E-state index in [-0.39, 0.29) is 5.92 Å². The molecule has 1 fully saturated rings. The third-order valence-corrected chi connectivity index (χ3v) is 2.43. The van der Waals surface area contributed by atoms with E-state index in [1.807, 2.05) is 13.8 Å². The molecule has 0 unspecified atom stereocenters. The second-order valence-corrected chi connectivity index (χ2v) is 4.31. The van der Waals surface area contributed by atoms with Crippen LogP contribution in [0.15, 0.2) is 0 Å². The van der Waals surface area contributed by atoms with Crippen LogP contribution in [0, 0.1) is 11.8 Å². The molecule has 0 amide bonds. The Bertz CT molecular complexity index is 170. The smallest absolute Gasteiger partial charge is 0.200 e. The minimum atomic E-state index is -3.79. The second kappa shape index (κ2) is 3.14. The molecule has 1 aliphatic rings. The zero-order chi connectivity index (χ0) is 10.3. The van der Waals surface area contributed by atoms with Crippen molar-refractivity contribution < 1.29 is 17.6 Å². The molecular weight excluding hydrogens is 184 g/mol. The van der Waals surface area contributed by atoms with Gasteiger partial charge in [0.15, 0.2) is 0 Å². The second-order valence-electron chi connectivity index (χ2n) is 4.31. The molecule has 0 radical (unpaired) electrons. The average molecular weight is 198 g/mol. The minimum absolute atomic E-state index is 0.203. The predicted octanol–water partition coefficient (Wildman–Crippen LogP) is 3.71. The maximum atomic E-state index is 12.7. The molecule has 1 aliphatic carbocycles. The highest BCUT2D eigenvalue weighted by molar-refractivity contribution is 4.95. The Kier molecular flexibility index (Phi) is 2.61. The molecular formula is C9H14F4. The summed E-state index contributed by atoms with van der Waals surface area (Å²) >= 11 is 0. The van der Waals surface area contributed by atoms with Gasteiger partial charge in [0.2, 0.25) is 0 Å². The fraction of sp³-hybridized carbons (Fsp3) is 1.00. The highest BCUT2D eigenvalue weighted by Crippen LogP contribution is 2.51. The van der Waals surface area contributed by atoms with Crippen LogP contribution in [0.5, 0.6) is 0 Å². The highest BCUT2D eigenvalue weighted by atomic mass is 19.3. The molecule has 4 heteroatoms. The SMILES string of the molecule is CC(C)CC1CC(F)(F)C(F)(F)C1. The van der Waals surface area contributed by atoms with Crippen LogP contribution in [0.3, 0.4) is 0 Å². The van der Waals surface area contributed by atoms with Crippen molar-refractivity contribution in [3.63, 3.8) is 0 Å². The van der Waals surface area contributed by atoms with Gasteiger partial charge in [-0.2, -0.15) is 17.6 Å². The summed E-state index contributed by atoms with van der Waals surface area (Å²) in [4.78, 5) is 0. The third kappa shape index (κ3) is 2.15. The topological polar surface area (TPSA) is 0 Å². The van der Waals surface area contributed by atoms with Crippen molar-refractivity contribution in [1.29, 1.82) is 0 Å². The Morgan fingerprint density at radius 3 is 1.77 bits per heavy atom. The van der Waals surface area contributed by atoms with Crippen LogP contribution in [0.1, 0.15) is 33.1 Å². The molecule has 1 rings (SSSR count). The Morgan fingerprint density at radius 1 is 1.08 bits per heavy atom. The van der Waals surface area contributed by atoms with Gasteiger partial charge in [0, 0.05) is 12.8 Å². The summed E-state index contributed by atoms with van der Waals surface area (Å²) in [6.45, 7) is 3.71. The fourth-order valence-electron chi connectivity index (χ4n) is 1.93. The van der Waals surface area contributed by atoms with Crippen LogP contribution >= 0.6 is 0 Å². The quantitative estimate of drug-likeness (QED) is 0.593. The highest BCUT2D eigenvalue weighted by Gasteiger charge is 2.62. The van der Waals surface area contributed by atoms with Gasteiger partial charge in [-0.05, 0) is 18.3 Å². The number of hydrogen-bond acceptors (Lipinski definition) is 0. The molecule has 0 aromatic heterocycles.